The zero-order chi connectivity index (χ0) is 21.2. The number of hydrogen-bond acceptors (Lipinski definition) is 3. The first-order valence-corrected chi connectivity index (χ1v) is 11.6. The Hall–Kier alpha value is -2.18. The van der Waals surface area contributed by atoms with Crippen molar-refractivity contribution in [3.8, 4) is 0 Å². The molecule has 1 heterocycles. The fraction of sp³-hybridized carbons (Fsp3) is 0.435. The summed E-state index contributed by atoms with van der Waals surface area (Å²) in [5.41, 5.74) is 2.13. The van der Waals surface area contributed by atoms with E-state index in [1.54, 1.807) is 22.5 Å². The molecule has 0 bridgehead atoms. The number of sulfonamides is 1. The van der Waals surface area contributed by atoms with E-state index in [1.807, 2.05) is 24.3 Å². The average molecular weight is 415 g/mol. The Balaban J connectivity index is 1.85. The highest BCUT2D eigenvalue weighted by Gasteiger charge is 2.32. The lowest BCUT2D eigenvalue weighted by atomic mass is 9.94. The van der Waals surface area contributed by atoms with Crippen LogP contribution in [-0.4, -0.2) is 31.7 Å². The minimum absolute atomic E-state index is 0.170. The smallest absolute Gasteiger partial charge is 0.255 e. The standard InChI is InChI=1S/C23H30N2O3S/c1-16(2)21-10-5-6-11-22(21)24-23(26)19-8-7-9-20(13-19)29(27,28)25-14-17(3)12-18(4)15-25/h5-11,13,16-18H,12,14-15H2,1-4H3,(H,24,26). The molecule has 156 valence electrons. The molecule has 5 nitrogen and oxygen atoms in total. The van der Waals surface area contributed by atoms with Gasteiger partial charge in [-0.2, -0.15) is 4.31 Å². The summed E-state index contributed by atoms with van der Waals surface area (Å²) in [5, 5.41) is 2.93. The second kappa shape index (κ2) is 8.67. The molecule has 0 radical (unpaired) electrons. The predicted octanol–water partition coefficient (Wildman–Crippen LogP) is 4.73. The third-order valence-electron chi connectivity index (χ3n) is 5.40. The number of benzene rings is 2. The van der Waals surface area contributed by atoms with E-state index in [2.05, 4.69) is 33.0 Å². The van der Waals surface area contributed by atoms with Crippen LogP contribution in [-0.2, 0) is 10.0 Å². The van der Waals surface area contributed by atoms with Crippen LogP contribution in [0.15, 0.2) is 53.4 Å². The van der Waals surface area contributed by atoms with E-state index in [1.165, 1.54) is 6.07 Å². The van der Waals surface area contributed by atoms with E-state index < -0.39 is 10.0 Å². The van der Waals surface area contributed by atoms with Crippen molar-refractivity contribution < 1.29 is 13.2 Å². The van der Waals surface area contributed by atoms with Gasteiger partial charge in [0.05, 0.1) is 4.90 Å². The van der Waals surface area contributed by atoms with Crippen molar-refractivity contribution in [2.24, 2.45) is 11.8 Å². The number of nitrogens with zero attached hydrogens (tertiary/aromatic N) is 1. The number of amides is 1. The van der Waals surface area contributed by atoms with Crippen molar-refractivity contribution >= 4 is 21.6 Å². The molecule has 1 amide bonds. The first kappa shape index (κ1) is 21.5. The number of carbonyl (C=O) groups excluding carboxylic acids is 1. The summed E-state index contributed by atoms with van der Waals surface area (Å²) in [4.78, 5) is 13.0. The van der Waals surface area contributed by atoms with E-state index in [0.717, 1.165) is 17.7 Å². The second-order valence-electron chi connectivity index (χ2n) is 8.49. The minimum atomic E-state index is -3.63. The third-order valence-corrected chi connectivity index (χ3v) is 7.23. The molecule has 0 spiro atoms. The van der Waals surface area contributed by atoms with E-state index in [4.69, 9.17) is 0 Å². The van der Waals surface area contributed by atoms with E-state index in [-0.39, 0.29) is 16.7 Å². The first-order valence-electron chi connectivity index (χ1n) is 10.2. The Morgan fingerprint density at radius 3 is 2.34 bits per heavy atom. The van der Waals surface area contributed by atoms with Crippen LogP contribution in [0.25, 0.3) is 0 Å². The molecule has 2 unspecified atom stereocenters. The summed E-state index contributed by atoms with van der Waals surface area (Å²) >= 11 is 0. The zero-order valence-electron chi connectivity index (χ0n) is 17.6. The van der Waals surface area contributed by atoms with E-state index in [9.17, 15) is 13.2 Å². The molecule has 1 N–H and O–H groups in total. The van der Waals surface area contributed by atoms with Gasteiger partial charge in [0.25, 0.3) is 5.91 Å². The van der Waals surface area contributed by atoms with Crippen molar-refractivity contribution in [2.45, 2.75) is 44.9 Å². The Morgan fingerprint density at radius 1 is 1.03 bits per heavy atom. The highest BCUT2D eigenvalue weighted by molar-refractivity contribution is 7.89. The summed E-state index contributed by atoms with van der Waals surface area (Å²) < 4.78 is 27.9. The molecule has 0 saturated carbocycles. The van der Waals surface area contributed by atoms with Crippen LogP contribution in [0.4, 0.5) is 5.69 Å². The molecular weight excluding hydrogens is 384 g/mol. The van der Waals surface area contributed by atoms with E-state index in [0.29, 0.717) is 30.5 Å². The zero-order valence-corrected chi connectivity index (χ0v) is 18.4. The molecule has 0 aromatic heterocycles. The van der Waals surface area contributed by atoms with Gasteiger partial charge < -0.3 is 5.32 Å². The maximum Gasteiger partial charge on any atom is 0.255 e. The Labute approximate surface area is 174 Å². The Kier molecular flexibility index (Phi) is 6.44. The van der Waals surface area contributed by atoms with Crippen molar-refractivity contribution in [1.29, 1.82) is 0 Å². The number of hydrogen-bond donors (Lipinski definition) is 1. The van der Waals surface area contributed by atoms with Gasteiger partial charge in [0.15, 0.2) is 0 Å². The molecule has 2 atom stereocenters. The molecule has 1 saturated heterocycles. The molecule has 3 rings (SSSR count). The average Bonchev–Trinajstić information content (AvgIpc) is 2.67. The van der Waals surface area contributed by atoms with E-state index >= 15 is 0 Å². The van der Waals surface area contributed by atoms with Crippen LogP contribution in [0.1, 0.15) is 56.0 Å². The van der Waals surface area contributed by atoms with Gasteiger partial charge in [0.1, 0.15) is 0 Å². The Morgan fingerprint density at radius 2 is 1.69 bits per heavy atom. The summed E-state index contributed by atoms with van der Waals surface area (Å²) in [6.07, 6.45) is 1.03. The Bertz CT molecular complexity index is 975. The van der Waals surface area contributed by atoms with Gasteiger partial charge in [-0.05, 0) is 54.0 Å². The number of piperidine rings is 1. The molecule has 1 aliphatic rings. The van der Waals surface area contributed by atoms with Gasteiger partial charge in [-0.3, -0.25) is 4.79 Å². The number of para-hydroxylation sites is 1. The van der Waals surface area contributed by atoms with Crippen LogP contribution in [0.2, 0.25) is 0 Å². The van der Waals surface area contributed by atoms with Crippen LogP contribution in [0.5, 0.6) is 0 Å². The fourth-order valence-electron chi connectivity index (χ4n) is 4.06. The highest BCUT2D eigenvalue weighted by atomic mass is 32.2. The third kappa shape index (κ3) is 4.87. The SMILES string of the molecule is CC1CC(C)CN(S(=O)(=O)c2cccc(C(=O)Nc3ccccc3C(C)C)c2)C1. The largest absolute Gasteiger partial charge is 0.322 e. The molecule has 6 heteroatoms. The maximum atomic E-state index is 13.1. The van der Waals surface area contributed by atoms with Crippen LogP contribution < -0.4 is 5.32 Å². The topological polar surface area (TPSA) is 66.5 Å². The maximum absolute atomic E-state index is 13.1. The molecule has 2 aromatic carbocycles. The molecule has 2 aromatic rings. The van der Waals surface area contributed by atoms with Gasteiger partial charge in [0.2, 0.25) is 10.0 Å². The summed E-state index contributed by atoms with van der Waals surface area (Å²) in [5.74, 6) is 0.608. The molecule has 1 aliphatic heterocycles. The number of anilines is 1. The summed E-state index contributed by atoms with van der Waals surface area (Å²) in [7, 11) is -3.63. The minimum Gasteiger partial charge on any atom is -0.322 e. The van der Waals surface area contributed by atoms with Crippen molar-refractivity contribution in [3.05, 3.63) is 59.7 Å². The number of rotatable bonds is 5. The van der Waals surface area contributed by atoms with Crippen LogP contribution in [0.3, 0.4) is 0 Å². The predicted molar refractivity (Wildman–Crippen MR) is 117 cm³/mol. The van der Waals surface area contributed by atoms with Crippen molar-refractivity contribution in [2.75, 3.05) is 18.4 Å². The second-order valence-corrected chi connectivity index (χ2v) is 10.4. The molecular formula is C23H30N2O3S. The lowest BCUT2D eigenvalue weighted by Crippen LogP contribution is -2.42. The summed E-state index contributed by atoms with van der Waals surface area (Å²) in [6, 6.07) is 14.0. The number of nitrogens with one attached hydrogen (secondary N) is 1. The van der Waals surface area contributed by atoms with Gasteiger partial charge >= 0.3 is 0 Å². The van der Waals surface area contributed by atoms with Gasteiger partial charge in [-0.1, -0.05) is 52.0 Å². The quantitative estimate of drug-likeness (QED) is 0.769. The van der Waals surface area contributed by atoms with Crippen LogP contribution in [0, 0.1) is 11.8 Å². The molecule has 0 aliphatic carbocycles. The van der Waals surface area contributed by atoms with Gasteiger partial charge in [0, 0.05) is 24.3 Å². The lowest BCUT2D eigenvalue weighted by molar-refractivity contribution is 0.102. The first-order chi connectivity index (χ1) is 13.7. The molecule has 1 fully saturated rings. The van der Waals surface area contributed by atoms with Crippen molar-refractivity contribution in [1.82, 2.24) is 4.31 Å². The molecule has 29 heavy (non-hydrogen) atoms. The fourth-order valence-corrected chi connectivity index (χ4v) is 5.78. The van der Waals surface area contributed by atoms with Crippen LogP contribution >= 0.6 is 0 Å². The monoisotopic (exact) mass is 414 g/mol. The summed E-state index contributed by atoms with van der Waals surface area (Å²) in [6.45, 7) is 9.33. The van der Waals surface area contributed by atoms with Gasteiger partial charge in [-0.15, -0.1) is 0 Å². The lowest BCUT2D eigenvalue weighted by Gasteiger charge is -2.34. The van der Waals surface area contributed by atoms with Gasteiger partial charge in [-0.25, -0.2) is 8.42 Å². The normalized spacial score (nSPS) is 20.6. The van der Waals surface area contributed by atoms with Crippen molar-refractivity contribution in [3.63, 3.8) is 0 Å². The highest BCUT2D eigenvalue weighted by Crippen LogP contribution is 2.28. The number of carbonyl (C=O) groups is 1.